The van der Waals surface area contributed by atoms with Crippen molar-refractivity contribution >= 4 is 21.5 Å². The highest BCUT2D eigenvalue weighted by Crippen LogP contribution is 2.65. The van der Waals surface area contributed by atoms with Crippen LogP contribution in [0.3, 0.4) is 0 Å². The minimum Gasteiger partial charge on any atom is -0.456 e. The summed E-state index contributed by atoms with van der Waals surface area (Å²) in [4.78, 5) is 0. The van der Waals surface area contributed by atoms with Gasteiger partial charge in [0.05, 0.1) is 5.41 Å². The fourth-order valence-corrected chi connectivity index (χ4v) is 9.02. The predicted octanol–water partition coefficient (Wildman–Crippen LogP) is 11.8. The van der Waals surface area contributed by atoms with E-state index >= 15 is 0 Å². The number of hydrogen-bond acceptors (Lipinski definition) is 1. The fraction of sp³-hybridized carbons (Fsp3) is 0.0222. The molecule has 212 valence electrons. The second-order valence-electron chi connectivity index (χ2n) is 12.7. The third-order valence-electron chi connectivity index (χ3n) is 10.7. The molecular formula is C45H26O. The molecular weight excluding hydrogens is 556 g/mol. The highest BCUT2D eigenvalue weighted by molar-refractivity contribution is 6.11. The standard InChI is InChI=1S/C45H26O/c1-2-14-29-27(11-1)25-26-38-42(29)32-15-3-5-20-35(32)45(38)36-21-6-4-16-33(36)43-30(17-9-22-37(43)45)31-18-10-24-40-44(31)34-19-7-12-28-13-8-23-39(46-40)41(28)34/h1-26H. The molecule has 0 fully saturated rings. The minimum atomic E-state index is -0.407. The minimum absolute atomic E-state index is 0.407. The zero-order valence-corrected chi connectivity index (χ0v) is 24.9. The van der Waals surface area contributed by atoms with Gasteiger partial charge in [-0.1, -0.05) is 146 Å². The third-order valence-corrected chi connectivity index (χ3v) is 10.7. The van der Waals surface area contributed by atoms with Crippen LogP contribution in [-0.2, 0) is 5.41 Å². The molecule has 0 N–H and O–H groups in total. The number of hydrogen-bond donors (Lipinski definition) is 0. The lowest BCUT2D eigenvalue weighted by Gasteiger charge is -2.30. The Kier molecular flexibility index (Phi) is 4.57. The molecule has 0 aromatic heterocycles. The van der Waals surface area contributed by atoms with Gasteiger partial charge in [0.25, 0.3) is 0 Å². The molecule has 0 radical (unpaired) electrons. The monoisotopic (exact) mass is 582 g/mol. The average molecular weight is 583 g/mol. The molecule has 1 atom stereocenters. The van der Waals surface area contributed by atoms with E-state index in [1.165, 1.54) is 82.7 Å². The van der Waals surface area contributed by atoms with Crippen molar-refractivity contribution in [1.29, 1.82) is 0 Å². The van der Waals surface area contributed by atoms with E-state index in [0.29, 0.717) is 0 Å². The molecule has 1 nitrogen and oxygen atoms in total. The molecule has 8 aromatic carbocycles. The van der Waals surface area contributed by atoms with E-state index in [4.69, 9.17) is 4.74 Å². The van der Waals surface area contributed by atoms with Crippen LogP contribution in [0.5, 0.6) is 11.5 Å². The molecule has 1 heteroatoms. The largest absolute Gasteiger partial charge is 0.456 e. The molecule has 11 rings (SSSR count). The van der Waals surface area contributed by atoms with Crippen molar-refractivity contribution < 1.29 is 4.74 Å². The van der Waals surface area contributed by atoms with Gasteiger partial charge in [0.15, 0.2) is 0 Å². The van der Waals surface area contributed by atoms with Crippen molar-refractivity contribution in [2.75, 3.05) is 0 Å². The zero-order valence-electron chi connectivity index (χ0n) is 24.9. The number of ether oxygens (including phenoxy) is 1. The van der Waals surface area contributed by atoms with Crippen molar-refractivity contribution in [2.45, 2.75) is 5.41 Å². The molecule has 0 bridgehead atoms. The first-order valence-electron chi connectivity index (χ1n) is 16.0. The molecule has 0 saturated carbocycles. The second kappa shape index (κ2) is 8.62. The number of rotatable bonds is 1. The summed E-state index contributed by atoms with van der Waals surface area (Å²) >= 11 is 0. The number of fused-ring (bicyclic) bond motifs is 14. The van der Waals surface area contributed by atoms with Crippen LogP contribution in [0, 0.1) is 0 Å². The van der Waals surface area contributed by atoms with E-state index in [2.05, 4.69) is 158 Å². The van der Waals surface area contributed by atoms with Gasteiger partial charge in [-0.3, -0.25) is 0 Å². The maximum atomic E-state index is 6.63. The van der Waals surface area contributed by atoms with Gasteiger partial charge in [-0.05, 0) is 89.5 Å². The summed E-state index contributed by atoms with van der Waals surface area (Å²) in [6, 6.07) is 58.2. The molecule has 1 aliphatic heterocycles. The van der Waals surface area contributed by atoms with Gasteiger partial charge >= 0.3 is 0 Å². The predicted molar refractivity (Wildman–Crippen MR) is 189 cm³/mol. The lowest BCUT2D eigenvalue weighted by molar-refractivity contribution is 0.487. The highest BCUT2D eigenvalue weighted by atomic mass is 16.5. The zero-order chi connectivity index (χ0) is 30.0. The normalized spacial score (nSPS) is 16.1. The summed E-state index contributed by atoms with van der Waals surface area (Å²) in [6.07, 6.45) is 0. The Morgan fingerprint density at radius 3 is 1.72 bits per heavy atom. The van der Waals surface area contributed by atoms with Crippen LogP contribution in [0.2, 0.25) is 0 Å². The average Bonchev–Trinajstić information content (AvgIpc) is 3.59. The molecule has 3 aliphatic rings. The number of benzene rings is 8. The van der Waals surface area contributed by atoms with Gasteiger partial charge in [0.1, 0.15) is 11.5 Å². The van der Waals surface area contributed by atoms with E-state index in [1.54, 1.807) is 0 Å². The summed E-state index contributed by atoms with van der Waals surface area (Å²) < 4.78 is 6.63. The Hall–Kier alpha value is -5.92. The molecule has 1 heterocycles. The Morgan fingerprint density at radius 1 is 0.326 bits per heavy atom. The SMILES string of the molecule is c1ccc2c(c1)-c1c(-c3cccc4c3-c3cccc5cccc(c35)O4)cccc1C21c2ccccc2-c2c1ccc1ccccc21. The summed E-state index contributed by atoms with van der Waals surface area (Å²) in [7, 11) is 0. The Bertz CT molecular complexity index is 2620. The van der Waals surface area contributed by atoms with E-state index < -0.39 is 5.41 Å². The molecule has 0 amide bonds. The van der Waals surface area contributed by atoms with Crippen LogP contribution < -0.4 is 4.74 Å². The van der Waals surface area contributed by atoms with Gasteiger partial charge < -0.3 is 4.74 Å². The quantitative estimate of drug-likeness (QED) is 0.187. The molecule has 0 saturated heterocycles. The molecule has 8 aromatic rings. The van der Waals surface area contributed by atoms with Crippen molar-refractivity contribution in [3.63, 3.8) is 0 Å². The Balaban J connectivity index is 1.27. The van der Waals surface area contributed by atoms with E-state index in [9.17, 15) is 0 Å². The molecule has 2 aliphatic carbocycles. The second-order valence-corrected chi connectivity index (χ2v) is 12.7. The van der Waals surface area contributed by atoms with Gasteiger partial charge in [-0.2, -0.15) is 0 Å². The third kappa shape index (κ3) is 2.83. The maximum absolute atomic E-state index is 6.63. The Labute approximate surface area is 267 Å². The van der Waals surface area contributed by atoms with Crippen molar-refractivity contribution in [3.05, 3.63) is 180 Å². The van der Waals surface area contributed by atoms with E-state index in [1.807, 2.05) is 0 Å². The lowest BCUT2D eigenvalue weighted by atomic mass is 9.70. The van der Waals surface area contributed by atoms with Crippen LogP contribution >= 0.6 is 0 Å². The summed E-state index contributed by atoms with van der Waals surface area (Å²) in [5.41, 5.74) is 15.2. The van der Waals surface area contributed by atoms with Gasteiger partial charge in [0, 0.05) is 10.9 Å². The molecule has 1 unspecified atom stereocenters. The van der Waals surface area contributed by atoms with Crippen molar-refractivity contribution in [2.24, 2.45) is 0 Å². The topological polar surface area (TPSA) is 9.23 Å². The van der Waals surface area contributed by atoms with Crippen molar-refractivity contribution in [3.8, 4) is 56.0 Å². The molecule has 46 heavy (non-hydrogen) atoms. The smallest absolute Gasteiger partial charge is 0.135 e. The first kappa shape index (κ1) is 24.4. The van der Waals surface area contributed by atoms with Crippen LogP contribution in [0.25, 0.3) is 66.1 Å². The first-order chi connectivity index (χ1) is 22.8. The van der Waals surface area contributed by atoms with Crippen LogP contribution in [-0.4, -0.2) is 0 Å². The van der Waals surface area contributed by atoms with Gasteiger partial charge in [-0.15, -0.1) is 0 Å². The van der Waals surface area contributed by atoms with Crippen LogP contribution in [0.4, 0.5) is 0 Å². The maximum Gasteiger partial charge on any atom is 0.135 e. The van der Waals surface area contributed by atoms with E-state index in [0.717, 1.165) is 17.1 Å². The molecule has 1 spiro atoms. The van der Waals surface area contributed by atoms with Gasteiger partial charge in [0.2, 0.25) is 0 Å². The van der Waals surface area contributed by atoms with E-state index in [-0.39, 0.29) is 0 Å². The Morgan fingerprint density at radius 2 is 0.870 bits per heavy atom. The van der Waals surface area contributed by atoms with Crippen LogP contribution in [0.1, 0.15) is 22.3 Å². The summed E-state index contributed by atoms with van der Waals surface area (Å²) in [5.74, 6) is 1.83. The summed E-state index contributed by atoms with van der Waals surface area (Å²) in [6.45, 7) is 0. The fourth-order valence-electron chi connectivity index (χ4n) is 9.02. The van der Waals surface area contributed by atoms with Crippen LogP contribution in [0.15, 0.2) is 158 Å². The summed E-state index contributed by atoms with van der Waals surface area (Å²) in [5, 5.41) is 4.97. The first-order valence-corrected chi connectivity index (χ1v) is 16.0. The highest BCUT2D eigenvalue weighted by Gasteiger charge is 2.52. The lowest BCUT2D eigenvalue weighted by Crippen LogP contribution is -2.25. The van der Waals surface area contributed by atoms with Crippen molar-refractivity contribution in [1.82, 2.24) is 0 Å². The van der Waals surface area contributed by atoms with Gasteiger partial charge in [-0.25, -0.2) is 0 Å².